The highest BCUT2D eigenvalue weighted by atomic mass is 32.1. The highest BCUT2D eigenvalue weighted by Crippen LogP contribution is 2.28. The van der Waals surface area contributed by atoms with E-state index in [4.69, 9.17) is 5.11 Å². The molecule has 0 aliphatic rings. The second-order valence-corrected chi connectivity index (χ2v) is 4.58. The van der Waals surface area contributed by atoms with Crippen LogP contribution >= 0.6 is 11.3 Å². The van der Waals surface area contributed by atoms with Crippen molar-refractivity contribution >= 4 is 27.5 Å². The summed E-state index contributed by atoms with van der Waals surface area (Å²) in [4.78, 5) is 15.0. The van der Waals surface area contributed by atoms with E-state index in [0.29, 0.717) is 0 Å². The van der Waals surface area contributed by atoms with Crippen LogP contribution in [-0.2, 0) is 4.79 Å². The van der Waals surface area contributed by atoms with E-state index in [1.54, 1.807) is 11.3 Å². The van der Waals surface area contributed by atoms with Gasteiger partial charge in [0.2, 0.25) is 0 Å². The first kappa shape index (κ1) is 10.1. The van der Waals surface area contributed by atoms with Crippen LogP contribution in [0.4, 0.5) is 0 Å². The lowest BCUT2D eigenvalue weighted by Crippen LogP contribution is -2.02. The summed E-state index contributed by atoms with van der Waals surface area (Å²) in [5.74, 6) is -0.790. The van der Waals surface area contributed by atoms with E-state index >= 15 is 0 Å². The van der Waals surface area contributed by atoms with Crippen LogP contribution in [0.3, 0.4) is 0 Å². The van der Waals surface area contributed by atoms with Gasteiger partial charge in [0.15, 0.2) is 0 Å². The summed E-state index contributed by atoms with van der Waals surface area (Å²) in [6.45, 7) is 1.89. The molecule has 1 aromatic heterocycles. The molecule has 0 unspecified atom stereocenters. The Bertz CT molecular complexity index is 459. The van der Waals surface area contributed by atoms with Crippen LogP contribution in [0, 0.1) is 0 Å². The van der Waals surface area contributed by atoms with Crippen molar-refractivity contribution in [1.82, 2.24) is 4.98 Å². The second kappa shape index (κ2) is 3.98. The van der Waals surface area contributed by atoms with Crippen LogP contribution in [0.5, 0.6) is 0 Å². The molecular weight excluding hydrogens is 210 g/mol. The maximum Gasteiger partial charge on any atom is 0.304 e. The Morgan fingerprint density at radius 1 is 1.53 bits per heavy atom. The van der Waals surface area contributed by atoms with Gasteiger partial charge >= 0.3 is 5.97 Å². The molecule has 2 aromatic rings. The number of carboxylic acids is 1. The van der Waals surface area contributed by atoms with Crippen LogP contribution in [0.1, 0.15) is 24.3 Å². The first-order valence-electron chi connectivity index (χ1n) is 4.74. The minimum atomic E-state index is -0.776. The molecule has 0 saturated carbocycles. The van der Waals surface area contributed by atoms with Crippen molar-refractivity contribution in [3.8, 4) is 0 Å². The molecule has 4 heteroatoms. The molecule has 0 saturated heterocycles. The zero-order valence-corrected chi connectivity index (χ0v) is 9.12. The van der Waals surface area contributed by atoms with Gasteiger partial charge in [0, 0.05) is 5.92 Å². The van der Waals surface area contributed by atoms with Gasteiger partial charge in [-0.25, -0.2) is 4.98 Å². The number of carboxylic acid groups (broad SMARTS) is 1. The lowest BCUT2D eigenvalue weighted by atomic mass is 10.1. The summed E-state index contributed by atoms with van der Waals surface area (Å²) in [5, 5.41) is 9.60. The number of nitrogens with zero attached hydrogens (tertiary/aromatic N) is 1. The minimum Gasteiger partial charge on any atom is -0.481 e. The number of aliphatic carboxylic acids is 1. The molecule has 0 fully saturated rings. The van der Waals surface area contributed by atoms with Gasteiger partial charge in [0.1, 0.15) is 0 Å². The van der Waals surface area contributed by atoms with Gasteiger partial charge in [0.25, 0.3) is 0 Å². The Morgan fingerprint density at radius 3 is 2.93 bits per heavy atom. The molecule has 1 heterocycles. The average molecular weight is 221 g/mol. The highest BCUT2D eigenvalue weighted by molar-refractivity contribution is 7.18. The molecule has 15 heavy (non-hydrogen) atoms. The fourth-order valence-electron chi connectivity index (χ4n) is 1.45. The van der Waals surface area contributed by atoms with Crippen LogP contribution in [-0.4, -0.2) is 16.1 Å². The Kier molecular flexibility index (Phi) is 2.68. The van der Waals surface area contributed by atoms with Crippen molar-refractivity contribution in [2.24, 2.45) is 0 Å². The van der Waals surface area contributed by atoms with Crippen molar-refractivity contribution in [3.63, 3.8) is 0 Å². The molecular formula is C11H11NO2S. The second-order valence-electron chi connectivity index (χ2n) is 3.52. The summed E-state index contributed by atoms with van der Waals surface area (Å²) < 4.78 is 1.12. The standard InChI is InChI=1S/C11H11NO2S/c1-7(6-10(13)14)11-12-8-4-2-3-5-9(8)15-11/h2-5,7H,6H2,1H3,(H,13,14)/t7-/m0/s1. The molecule has 3 nitrogen and oxygen atoms in total. The number of carbonyl (C=O) groups is 1. The summed E-state index contributed by atoms with van der Waals surface area (Å²) in [6.07, 6.45) is 0.139. The van der Waals surface area contributed by atoms with E-state index in [-0.39, 0.29) is 12.3 Å². The third kappa shape index (κ3) is 2.15. The van der Waals surface area contributed by atoms with Crippen molar-refractivity contribution in [2.45, 2.75) is 19.3 Å². The Morgan fingerprint density at radius 2 is 2.27 bits per heavy atom. The average Bonchev–Trinajstić information content (AvgIpc) is 2.59. The first-order valence-corrected chi connectivity index (χ1v) is 5.55. The molecule has 0 amide bonds. The number of rotatable bonds is 3. The van der Waals surface area contributed by atoms with Gasteiger partial charge in [0.05, 0.1) is 21.6 Å². The van der Waals surface area contributed by atoms with Crippen LogP contribution in [0.25, 0.3) is 10.2 Å². The zero-order valence-electron chi connectivity index (χ0n) is 8.30. The Balaban J connectivity index is 2.32. The largest absolute Gasteiger partial charge is 0.481 e. The summed E-state index contributed by atoms with van der Waals surface area (Å²) in [6, 6.07) is 7.85. The molecule has 1 N–H and O–H groups in total. The number of hydrogen-bond donors (Lipinski definition) is 1. The van der Waals surface area contributed by atoms with Gasteiger partial charge in [-0.05, 0) is 12.1 Å². The zero-order chi connectivity index (χ0) is 10.8. The van der Waals surface area contributed by atoms with E-state index in [2.05, 4.69) is 4.98 Å². The Labute approximate surface area is 91.4 Å². The third-order valence-electron chi connectivity index (χ3n) is 2.21. The molecule has 0 spiro atoms. The van der Waals surface area contributed by atoms with E-state index in [9.17, 15) is 4.79 Å². The third-order valence-corrected chi connectivity index (χ3v) is 3.48. The van der Waals surface area contributed by atoms with Gasteiger partial charge < -0.3 is 5.11 Å². The molecule has 0 bridgehead atoms. The summed E-state index contributed by atoms with van der Waals surface area (Å²) in [5.41, 5.74) is 0.953. The number of fused-ring (bicyclic) bond motifs is 1. The molecule has 0 radical (unpaired) electrons. The SMILES string of the molecule is C[C@@H](CC(=O)O)c1nc2ccccc2s1. The Hall–Kier alpha value is -1.42. The predicted octanol–water partition coefficient (Wildman–Crippen LogP) is 2.87. The van der Waals surface area contributed by atoms with E-state index in [0.717, 1.165) is 15.2 Å². The lowest BCUT2D eigenvalue weighted by Gasteiger charge is -2.02. The van der Waals surface area contributed by atoms with Crippen molar-refractivity contribution in [1.29, 1.82) is 0 Å². The van der Waals surface area contributed by atoms with E-state index in [1.807, 2.05) is 31.2 Å². The molecule has 0 aliphatic heterocycles. The van der Waals surface area contributed by atoms with Gasteiger partial charge in [-0.1, -0.05) is 19.1 Å². The normalized spacial score (nSPS) is 12.9. The number of thiazole rings is 1. The fraction of sp³-hybridized carbons (Fsp3) is 0.273. The number of hydrogen-bond acceptors (Lipinski definition) is 3. The lowest BCUT2D eigenvalue weighted by molar-refractivity contribution is -0.137. The molecule has 2 rings (SSSR count). The summed E-state index contributed by atoms with van der Waals surface area (Å²) >= 11 is 1.57. The number of benzene rings is 1. The van der Waals surface area contributed by atoms with Gasteiger partial charge in [-0.3, -0.25) is 4.79 Å². The van der Waals surface area contributed by atoms with Crippen molar-refractivity contribution in [3.05, 3.63) is 29.3 Å². The maximum absolute atomic E-state index is 10.6. The first-order chi connectivity index (χ1) is 7.16. The quantitative estimate of drug-likeness (QED) is 0.867. The smallest absolute Gasteiger partial charge is 0.304 e. The number of aromatic nitrogens is 1. The predicted molar refractivity (Wildman–Crippen MR) is 60.3 cm³/mol. The molecule has 1 atom stereocenters. The molecule has 0 aliphatic carbocycles. The van der Waals surface area contributed by atoms with Crippen LogP contribution in [0.2, 0.25) is 0 Å². The van der Waals surface area contributed by atoms with Gasteiger partial charge in [-0.2, -0.15) is 0 Å². The van der Waals surface area contributed by atoms with Gasteiger partial charge in [-0.15, -0.1) is 11.3 Å². The van der Waals surface area contributed by atoms with Crippen LogP contribution < -0.4 is 0 Å². The maximum atomic E-state index is 10.6. The van der Waals surface area contributed by atoms with Crippen molar-refractivity contribution < 1.29 is 9.90 Å². The monoisotopic (exact) mass is 221 g/mol. The van der Waals surface area contributed by atoms with Crippen molar-refractivity contribution in [2.75, 3.05) is 0 Å². The van der Waals surface area contributed by atoms with Crippen LogP contribution in [0.15, 0.2) is 24.3 Å². The topological polar surface area (TPSA) is 50.2 Å². The minimum absolute atomic E-state index is 0.0140. The molecule has 1 aromatic carbocycles. The fourth-order valence-corrected chi connectivity index (χ4v) is 2.47. The highest BCUT2D eigenvalue weighted by Gasteiger charge is 2.14. The van der Waals surface area contributed by atoms with E-state index < -0.39 is 5.97 Å². The summed E-state index contributed by atoms with van der Waals surface area (Å²) in [7, 11) is 0. The number of para-hydroxylation sites is 1. The van der Waals surface area contributed by atoms with E-state index in [1.165, 1.54) is 0 Å². The molecule has 78 valence electrons.